The van der Waals surface area contributed by atoms with Gasteiger partial charge in [-0.25, -0.2) is 4.79 Å². The molecule has 2 N–H and O–H groups in total. The van der Waals surface area contributed by atoms with Crippen LogP contribution in [0.15, 0.2) is 63.8 Å². The standard InChI is InChI=1S/C20H14N2O4/c1-11-5-4-7-15-13(19(21)24)10-16(22(11)15)18(23)14-9-12-6-2-3-8-17(12)26-20(14)25/h2-10H,1H3,(H2,21,24). The zero-order chi connectivity index (χ0) is 18.4. The molecule has 6 nitrogen and oxygen atoms in total. The van der Waals surface area contributed by atoms with Gasteiger partial charge in [-0.1, -0.05) is 24.3 Å². The monoisotopic (exact) mass is 346 g/mol. The number of hydrogen-bond acceptors (Lipinski definition) is 4. The lowest BCUT2D eigenvalue weighted by molar-refractivity contribution is 0.100. The van der Waals surface area contributed by atoms with Crippen molar-refractivity contribution in [2.75, 3.05) is 0 Å². The van der Waals surface area contributed by atoms with Gasteiger partial charge in [0.15, 0.2) is 0 Å². The largest absolute Gasteiger partial charge is 0.422 e. The van der Waals surface area contributed by atoms with Crippen LogP contribution in [0.1, 0.15) is 32.1 Å². The second-order valence-corrected chi connectivity index (χ2v) is 6.01. The summed E-state index contributed by atoms with van der Waals surface area (Å²) in [4.78, 5) is 37.2. The number of ketones is 1. The molecule has 3 heterocycles. The molecule has 1 amide bonds. The van der Waals surface area contributed by atoms with Crippen molar-refractivity contribution in [1.82, 2.24) is 4.40 Å². The molecule has 0 radical (unpaired) electrons. The summed E-state index contributed by atoms with van der Waals surface area (Å²) in [5.41, 5.74) is 6.70. The van der Waals surface area contributed by atoms with Crippen LogP contribution in [0.3, 0.4) is 0 Å². The molecular formula is C20H14N2O4. The van der Waals surface area contributed by atoms with E-state index in [0.29, 0.717) is 16.5 Å². The zero-order valence-corrected chi connectivity index (χ0v) is 13.9. The Bertz CT molecular complexity index is 1260. The Morgan fingerprint density at radius 2 is 1.77 bits per heavy atom. The predicted octanol–water partition coefficient (Wildman–Crippen LogP) is 2.68. The third kappa shape index (κ3) is 2.31. The van der Waals surface area contributed by atoms with E-state index >= 15 is 0 Å². The summed E-state index contributed by atoms with van der Waals surface area (Å²) in [5, 5.41) is 0.642. The Balaban J connectivity index is 1.99. The molecule has 0 saturated heterocycles. The van der Waals surface area contributed by atoms with Crippen molar-refractivity contribution < 1.29 is 14.0 Å². The van der Waals surface area contributed by atoms with Crippen LogP contribution in [0.25, 0.3) is 16.5 Å². The van der Waals surface area contributed by atoms with Gasteiger partial charge in [0, 0.05) is 11.1 Å². The number of para-hydroxylation sites is 1. The molecule has 6 heteroatoms. The van der Waals surface area contributed by atoms with Gasteiger partial charge in [0.2, 0.25) is 5.78 Å². The van der Waals surface area contributed by atoms with Crippen molar-refractivity contribution in [2.45, 2.75) is 6.92 Å². The van der Waals surface area contributed by atoms with Crippen molar-refractivity contribution >= 4 is 28.2 Å². The number of carbonyl (C=O) groups is 2. The van der Waals surface area contributed by atoms with E-state index < -0.39 is 17.3 Å². The van der Waals surface area contributed by atoms with Gasteiger partial charge in [-0.2, -0.15) is 0 Å². The van der Waals surface area contributed by atoms with Crippen LogP contribution in [0.2, 0.25) is 0 Å². The number of rotatable bonds is 3. The Hall–Kier alpha value is -3.67. The third-order valence-electron chi connectivity index (χ3n) is 4.37. The number of nitrogens with zero attached hydrogens (tertiary/aromatic N) is 1. The van der Waals surface area contributed by atoms with Crippen molar-refractivity contribution in [3.63, 3.8) is 0 Å². The molecule has 0 atom stereocenters. The number of carbonyl (C=O) groups excluding carboxylic acids is 2. The topological polar surface area (TPSA) is 94.8 Å². The van der Waals surface area contributed by atoms with E-state index in [1.807, 2.05) is 0 Å². The van der Waals surface area contributed by atoms with Gasteiger partial charge >= 0.3 is 5.63 Å². The molecule has 0 aliphatic heterocycles. The molecule has 0 bridgehead atoms. The minimum atomic E-state index is -0.724. The van der Waals surface area contributed by atoms with Crippen molar-refractivity contribution in [3.05, 3.63) is 87.5 Å². The molecule has 0 unspecified atom stereocenters. The maximum absolute atomic E-state index is 13.1. The maximum atomic E-state index is 13.1. The molecule has 26 heavy (non-hydrogen) atoms. The van der Waals surface area contributed by atoms with E-state index in [-0.39, 0.29) is 16.8 Å². The number of aromatic nitrogens is 1. The SMILES string of the molecule is Cc1cccc2c(C(N)=O)cc(C(=O)c3cc4ccccc4oc3=O)n12. The zero-order valence-electron chi connectivity index (χ0n) is 13.9. The number of primary amides is 1. The molecular weight excluding hydrogens is 332 g/mol. The van der Waals surface area contributed by atoms with Crippen LogP contribution in [0, 0.1) is 6.92 Å². The summed E-state index contributed by atoms with van der Waals surface area (Å²) in [7, 11) is 0. The number of fused-ring (bicyclic) bond motifs is 2. The summed E-state index contributed by atoms with van der Waals surface area (Å²) in [5.74, 6) is -1.17. The number of pyridine rings is 1. The lowest BCUT2D eigenvalue weighted by atomic mass is 10.1. The maximum Gasteiger partial charge on any atom is 0.347 e. The van der Waals surface area contributed by atoms with Crippen LogP contribution < -0.4 is 11.4 Å². The molecule has 0 fully saturated rings. The first kappa shape index (κ1) is 15.8. The lowest BCUT2D eigenvalue weighted by Crippen LogP contribution is -2.16. The lowest BCUT2D eigenvalue weighted by Gasteiger charge is -2.06. The minimum absolute atomic E-state index is 0.0950. The minimum Gasteiger partial charge on any atom is -0.422 e. The molecule has 3 aromatic heterocycles. The molecule has 4 aromatic rings. The average molecular weight is 346 g/mol. The number of amides is 1. The second-order valence-electron chi connectivity index (χ2n) is 6.01. The van der Waals surface area contributed by atoms with Crippen molar-refractivity contribution in [2.24, 2.45) is 5.73 Å². The van der Waals surface area contributed by atoms with E-state index in [1.54, 1.807) is 53.8 Å². The number of benzene rings is 1. The van der Waals surface area contributed by atoms with E-state index in [1.165, 1.54) is 12.1 Å². The number of aryl methyl sites for hydroxylation is 1. The van der Waals surface area contributed by atoms with Crippen LogP contribution in [0.4, 0.5) is 0 Å². The van der Waals surface area contributed by atoms with Crippen LogP contribution in [-0.2, 0) is 0 Å². The molecule has 0 spiro atoms. The van der Waals surface area contributed by atoms with E-state index in [0.717, 1.165) is 5.69 Å². The molecule has 1 aromatic carbocycles. The van der Waals surface area contributed by atoms with E-state index in [9.17, 15) is 14.4 Å². The first-order valence-electron chi connectivity index (χ1n) is 7.96. The van der Waals surface area contributed by atoms with Gasteiger partial charge in [0.25, 0.3) is 5.91 Å². The predicted molar refractivity (Wildman–Crippen MR) is 96.6 cm³/mol. The number of hydrogen-bond donors (Lipinski definition) is 1. The van der Waals surface area contributed by atoms with E-state index in [2.05, 4.69) is 0 Å². The summed E-state index contributed by atoms with van der Waals surface area (Å²) >= 11 is 0. The second kappa shape index (κ2) is 5.70. The molecule has 0 saturated carbocycles. The average Bonchev–Trinajstić information content (AvgIpc) is 3.02. The highest BCUT2D eigenvalue weighted by atomic mass is 16.4. The fraction of sp³-hybridized carbons (Fsp3) is 0.0500. The van der Waals surface area contributed by atoms with Gasteiger partial charge in [-0.15, -0.1) is 0 Å². The first-order chi connectivity index (χ1) is 12.5. The van der Waals surface area contributed by atoms with Gasteiger partial charge in [0.05, 0.1) is 16.8 Å². The van der Waals surface area contributed by atoms with Crippen molar-refractivity contribution in [1.29, 1.82) is 0 Å². The van der Waals surface area contributed by atoms with Crippen LogP contribution in [0.5, 0.6) is 0 Å². The molecule has 128 valence electrons. The summed E-state index contributed by atoms with van der Waals surface area (Å²) in [6.07, 6.45) is 0. The Morgan fingerprint density at radius 3 is 2.54 bits per heavy atom. The summed E-state index contributed by atoms with van der Waals surface area (Å²) in [6, 6.07) is 15.2. The van der Waals surface area contributed by atoms with Gasteiger partial charge in [-0.05, 0) is 37.3 Å². The highest BCUT2D eigenvalue weighted by molar-refractivity contribution is 6.12. The van der Waals surface area contributed by atoms with Gasteiger partial charge < -0.3 is 14.6 Å². The van der Waals surface area contributed by atoms with Crippen molar-refractivity contribution in [3.8, 4) is 0 Å². The smallest absolute Gasteiger partial charge is 0.347 e. The highest BCUT2D eigenvalue weighted by Crippen LogP contribution is 2.22. The summed E-state index contributed by atoms with van der Waals surface area (Å²) < 4.78 is 6.88. The Kier molecular flexibility index (Phi) is 3.47. The fourth-order valence-electron chi connectivity index (χ4n) is 3.15. The van der Waals surface area contributed by atoms with Gasteiger partial charge in [-0.3, -0.25) is 9.59 Å². The number of nitrogens with two attached hydrogens (primary N) is 1. The third-order valence-corrected chi connectivity index (χ3v) is 4.37. The fourth-order valence-corrected chi connectivity index (χ4v) is 3.15. The van der Waals surface area contributed by atoms with E-state index in [4.69, 9.17) is 10.2 Å². The van der Waals surface area contributed by atoms with Crippen LogP contribution >= 0.6 is 0 Å². The van der Waals surface area contributed by atoms with Gasteiger partial charge in [0.1, 0.15) is 11.1 Å². The molecule has 0 aliphatic rings. The normalized spacial score (nSPS) is 11.1. The van der Waals surface area contributed by atoms with Crippen LogP contribution in [-0.4, -0.2) is 16.1 Å². The quantitative estimate of drug-likeness (QED) is 0.456. The molecule has 4 rings (SSSR count). The molecule has 0 aliphatic carbocycles. The Morgan fingerprint density at radius 1 is 1.00 bits per heavy atom. The first-order valence-corrected chi connectivity index (χ1v) is 7.96. The summed E-state index contributed by atoms with van der Waals surface area (Å²) in [6.45, 7) is 1.80. The Labute approximate surface area is 147 Å². The highest BCUT2D eigenvalue weighted by Gasteiger charge is 2.23.